The van der Waals surface area contributed by atoms with Gasteiger partial charge < -0.3 is 14.6 Å². The Balaban J connectivity index is 3.31. The zero-order valence-electron chi connectivity index (χ0n) is 30.9. The van der Waals surface area contributed by atoms with Crippen LogP contribution >= 0.6 is 0 Å². The molecule has 0 saturated carbocycles. The highest BCUT2D eigenvalue weighted by Crippen LogP contribution is 2.16. The van der Waals surface area contributed by atoms with E-state index in [1.54, 1.807) is 0 Å². The zero-order valence-corrected chi connectivity index (χ0v) is 30.9. The molecule has 45 heavy (non-hydrogen) atoms. The highest BCUT2D eigenvalue weighted by molar-refractivity contribution is 5.69. The molecule has 0 heterocycles. The minimum Gasteiger partial charge on any atom is -0.457 e. The molecule has 1 N–H and O–H groups in total. The third-order valence-electron chi connectivity index (χ3n) is 9.43. The fourth-order valence-electron chi connectivity index (χ4n) is 6.33. The highest BCUT2D eigenvalue weighted by atomic mass is 16.6. The summed E-state index contributed by atoms with van der Waals surface area (Å²) in [5.74, 6) is -0.195. The summed E-state index contributed by atoms with van der Waals surface area (Å²) in [4.78, 5) is 12.1. The predicted molar refractivity (Wildman–Crippen MR) is 196 cm³/mol. The van der Waals surface area contributed by atoms with Gasteiger partial charge in [0.25, 0.3) is 0 Å². The Hall–Kier alpha value is -0.610. The Morgan fingerprint density at radius 2 is 0.733 bits per heavy atom. The summed E-state index contributed by atoms with van der Waals surface area (Å²) in [6.07, 6.45) is 44.5. The summed E-state index contributed by atoms with van der Waals surface area (Å²) in [5.41, 5.74) is 0. The molecule has 0 saturated heterocycles. The lowest BCUT2D eigenvalue weighted by Gasteiger charge is -2.16. The number of unbranched alkanes of at least 4 members (excludes halogenated alkanes) is 31. The first-order chi connectivity index (χ1) is 22.2. The number of rotatable bonds is 39. The van der Waals surface area contributed by atoms with Gasteiger partial charge in [0.1, 0.15) is 6.10 Å². The minimum atomic E-state index is -0.523. The lowest BCUT2D eigenvalue weighted by molar-refractivity contribution is -0.154. The molecule has 0 rings (SSSR count). The first-order valence-corrected chi connectivity index (χ1v) is 20.6. The van der Waals surface area contributed by atoms with Crippen LogP contribution < -0.4 is 0 Å². The second-order valence-electron chi connectivity index (χ2n) is 14.1. The number of esters is 1. The van der Waals surface area contributed by atoms with Crippen LogP contribution in [-0.2, 0) is 14.3 Å². The normalized spacial score (nSPS) is 12.2. The van der Waals surface area contributed by atoms with Crippen molar-refractivity contribution in [3.63, 3.8) is 0 Å². The highest BCUT2D eigenvalue weighted by Gasteiger charge is 2.13. The largest absolute Gasteiger partial charge is 0.457 e. The maximum absolute atomic E-state index is 12.1. The van der Waals surface area contributed by atoms with Crippen molar-refractivity contribution < 1.29 is 19.4 Å². The molecular formula is C41H82O4. The second kappa shape index (κ2) is 39.6. The topological polar surface area (TPSA) is 55.8 Å². The quantitative estimate of drug-likeness (QED) is 0.0537. The van der Waals surface area contributed by atoms with Crippen molar-refractivity contribution in [2.24, 2.45) is 0 Å². The average Bonchev–Trinajstić information content (AvgIpc) is 3.05. The van der Waals surface area contributed by atoms with Crippen LogP contribution in [0.2, 0.25) is 0 Å². The molecule has 1 unspecified atom stereocenters. The molecule has 0 amide bonds. The van der Waals surface area contributed by atoms with E-state index < -0.39 is 6.10 Å². The molecule has 0 aliphatic carbocycles. The van der Waals surface area contributed by atoms with Gasteiger partial charge in [-0.1, -0.05) is 213 Å². The zero-order chi connectivity index (χ0) is 32.7. The minimum absolute atomic E-state index is 0.164. The van der Waals surface area contributed by atoms with Crippen LogP contribution in [0, 0.1) is 0 Å². The van der Waals surface area contributed by atoms with Gasteiger partial charge in [-0.25, -0.2) is 0 Å². The van der Waals surface area contributed by atoms with Crippen LogP contribution in [0.25, 0.3) is 0 Å². The number of hydrogen-bond donors (Lipinski definition) is 1. The second-order valence-corrected chi connectivity index (χ2v) is 14.1. The van der Waals surface area contributed by atoms with E-state index in [-0.39, 0.29) is 12.6 Å². The Kier molecular flexibility index (Phi) is 39.0. The van der Waals surface area contributed by atoms with Crippen molar-refractivity contribution in [2.75, 3.05) is 19.8 Å². The number of ether oxygens (including phenoxy) is 2. The van der Waals surface area contributed by atoms with Crippen LogP contribution in [0.3, 0.4) is 0 Å². The molecule has 0 bridgehead atoms. The molecule has 1 atom stereocenters. The molecule has 0 aromatic heterocycles. The van der Waals surface area contributed by atoms with Crippen LogP contribution in [0.1, 0.15) is 232 Å². The van der Waals surface area contributed by atoms with E-state index in [2.05, 4.69) is 13.8 Å². The van der Waals surface area contributed by atoms with Crippen LogP contribution in [0.5, 0.6) is 0 Å². The summed E-state index contributed by atoms with van der Waals surface area (Å²) in [5, 5.41) is 9.54. The summed E-state index contributed by atoms with van der Waals surface area (Å²) < 4.78 is 11.1. The number of aliphatic hydroxyl groups is 1. The van der Waals surface area contributed by atoms with Crippen molar-refractivity contribution >= 4 is 5.97 Å². The van der Waals surface area contributed by atoms with E-state index in [1.807, 2.05) is 0 Å². The van der Waals surface area contributed by atoms with Gasteiger partial charge in [0, 0.05) is 13.0 Å². The Morgan fingerprint density at radius 3 is 1.04 bits per heavy atom. The lowest BCUT2D eigenvalue weighted by atomic mass is 10.0. The first-order valence-electron chi connectivity index (χ1n) is 20.6. The number of carbonyl (C=O) groups excluding carboxylic acids is 1. The van der Waals surface area contributed by atoms with Gasteiger partial charge in [0.15, 0.2) is 0 Å². The standard InChI is InChI=1S/C41H82O4/c1-3-5-7-9-11-13-14-15-16-17-18-19-20-21-22-23-24-25-26-27-28-30-32-34-36-41(43)45-40(38-42)39-44-37-35-33-31-29-12-10-8-6-4-2/h40,42H,3-39H2,1-2H3. The lowest BCUT2D eigenvalue weighted by Crippen LogP contribution is -2.27. The molecular weight excluding hydrogens is 556 g/mol. The monoisotopic (exact) mass is 639 g/mol. The van der Waals surface area contributed by atoms with Gasteiger partial charge in [-0.15, -0.1) is 0 Å². The summed E-state index contributed by atoms with van der Waals surface area (Å²) >= 11 is 0. The average molecular weight is 639 g/mol. The van der Waals surface area contributed by atoms with Gasteiger partial charge in [-0.3, -0.25) is 4.79 Å². The molecule has 4 nitrogen and oxygen atoms in total. The summed E-state index contributed by atoms with van der Waals surface area (Å²) in [6, 6.07) is 0. The smallest absolute Gasteiger partial charge is 0.306 e. The van der Waals surface area contributed by atoms with Crippen molar-refractivity contribution in [3.05, 3.63) is 0 Å². The van der Waals surface area contributed by atoms with Gasteiger partial charge in [-0.05, 0) is 12.8 Å². The van der Waals surface area contributed by atoms with Crippen molar-refractivity contribution in [2.45, 2.75) is 238 Å². The molecule has 0 fully saturated rings. The first kappa shape index (κ1) is 44.4. The van der Waals surface area contributed by atoms with Crippen LogP contribution in [-0.4, -0.2) is 37.0 Å². The van der Waals surface area contributed by atoms with Crippen molar-refractivity contribution in [1.82, 2.24) is 0 Å². The molecule has 0 aromatic carbocycles. The van der Waals surface area contributed by atoms with Crippen LogP contribution in [0.15, 0.2) is 0 Å². The van der Waals surface area contributed by atoms with E-state index in [0.29, 0.717) is 19.6 Å². The van der Waals surface area contributed by atoms with Gasteiger partial charge >= 0.3 is 5.97 Å². The Bertz CT molecular complexity index is 552. The van der Waals surface area contributed by atoms with E-state index in [9.17, 15) is 9.90 Å². The number of hydrogen-bond acceptors (Lipinski definition) is 4. The molecule has 0 aliphatic rings. The molecule has 0 aliphatic heterocycles. The third kappa shape index (κ3) is 37.7. The van der Waals surface area contributed by atoms with Crippen molar-refractivity contribution in [3.8, 4) is 0 Å². The molecule has 0 spiro atoms. The summed E-state index contributed by atoms with van der Waals surface area (Å²) in [7, 11) is 0. The number of carbonyl (C=O) groups is 1. The van der Waals surface area contributed by atoms with Crippen molar-refractivity contribution in [1.29, 1.82) is 0 Å². The number of aliphatic hydroxyl groups excluding tert-OH is 1. The third-order valence-corrected chi connectivity index (χ3v) is 9.43. The predicted octanol–water partition coefficient (Wildman–Crippen LogP) is 13.2. The fraction of sp³-hybridized carbons (Fsp3) is 0.976. The van der Waals surface area contributed by atoms with Crippen LogP contribution in [0.4, 0.5) is 0 Å². The maximum atomic E-state index is 12.1. The Morgan fingerprint density at radius 1 is 0.444 bits per heavy atom. The van der Waals surface area contributed by atoms with E-state index in [1.165, 1.54) is 193 Å². The van der Waals surface area contributed by atoms with Gasteiger partial charge in [0.2, 0.25) is 0 Å². The maximum Gasteiger partial charge on any atom is 0.306 e. The molecule has 4 heteroatoms. The molecule has 0 radical (unpaired) electrons. The fourth-order valence-corrected chi connectivity index (χ4v) is 6.33. The van der Waals surface area contributed by atoms with Gasteiger partial charge in [-0.2, -0.15) is 0 Å². The Labute approximate surface area is 283 Å². The molecule has 270 valence electrons. The van der Waals surface area contributed by atoms with E-state index in [4.69, 9.17) is 9.47 Å². The van der Waals surface area contributed by atoms with Gasteiger partial charge in [0.05, 0.1) is 13.2 Å². The SMILES string of the molecule is CCCCCCCCCCCCCCCCCCCCCCCCCCC(=O)OC(CO)COCCCCCCCCCCC. The van der Waals surface area contributed by atoms with E-state index >= 15 is 0 Å². The molecule has 0 aromatic rings. The van der Waals surface area contributed by atoms with E-state index in [0.717, 1.165) is 19.3 Å². The summed E-state index contributed by atoms with van der Waals surface area (Å²) in [6.45, 7) is 5.38.